The van der Waals surface area contributed by atoms with Gasteiger partial charge in [0.2, 0.25) is 5.91 Å². The normalized spacial score (nSPS) is 26.8. The summed E-state index contributed by atoms with van der Waals surface area (Å²) in [5.74, 6) is -2.98. The van der Waals surface area contributed by atoms with Gasteiger partial charge >= 0.3 is 5.97 Å². The zero-order valence-electron chi connectivity index (χ0n) is 13.4. The number of hydrogen-bond donors (Lipinski definition) is 2. The van der Waals surface area contributed by atoms with Crippen LogP contribution in [0.25, 0.3) is 11.3 Å². The molecule has 1 fully saturated rings. The Morgan fingerprint density at radius 1 is 1.16 bits per heavy atom. The molecule has 0 spiro atoms. The molecule has 2 bridgehead atoms. The molecule has 1 aromatic carbocycles. The van der Waals surface area contributed by atoms with Gasteiger partial charge in [-0.05, 0) is 6.92 Å². The van der Waals surface area contributed by atoms with Crippen molar-refractivity contribution < 1.29 is 19.4 Å². The number of anilines is 1. The standard InChI is InChI=1S/C18H16N2O4S/c1-9-2-4-10(5-3-9)11-8-25-18(19-11)20-16(21)14-12-6-7-13(24-12)15(14)17(22)23/h2-8,12-15H,1H3,(H,22,23)(H,19,20,21)/t12-,13-,14-,15-/m1/s1. The van der Waals surface area contributed by atoms with Crippen molar-refractivity contribution in [3.63, 3.8) is 0 Å². The molecule has 2 N–H and O–H groups in total. The van der Waals surface area contributed by atoms with E-state index in [1.165, 1.54) is 11.3 Å². The lowest BCUT2D eigenvalue weighted by molar-refractivity contribution is -0.145. The van der Waals surface area contributed by atoms with Crippen molar-refractivity contribution in [1.82, 2.24) is 4.98 Å². The third-order valence-corrected chi connectivity index (χ3v) is 5.33. The highest BCUT2D eigenvalue weighted by Crippen LogP contribution is 2.40. The van der Waals surface area contributed by atoms with Gasteiger partial charge in [0, 0.05) is 10.9 Å². The van der Waals surface area contributed by atoms with E-state index in [-0.39, 0.29) is 5.91 Å². The highest BCUT2D eigenvalue weighted by atomic mass is 32.1. The van der Waals surface area contributed by atoms with Crippen LogP contribution in [-0.4, -0.2) is 34.2 Å². The fourth-order valence-electron chi connectivity index (χ4n) is 3.29. The minimum absolute atomic E-state index is 0.367. The Kier molecular flexibility index (Phi) is 3.89. The summed E-state index contributed by atoms with van der Waals surface area (Å²) in [5.41, 5.74) is 2.91. The van der Waals surface area contributed by atoms with Crippen LogP contribution in [0.1, 0.15) is 5.56 Å². The van der Waals surface area contributed by atoms with Gasteiger partial charge in [-0.15, -0.1) is 11.3 Å². The number of benzene rings is 1. The second-order valence-corrected chi connectivity index (χ2v) is 7.09. The van der Waals surface area contributed by atoms with Gasteiger partial charge in [0.05, 0.1) is 23.8 Å². The summed E-state index contributed by atoms with van der Waals surface area (Å²) in [4.78, 5) is 28.5. The minimum Gasteiger partial charge on any atom is -0.481 e. The van der Waals surface area contributed by atoms with E-state index in [2.05, 4.69) is 10.3 Å². The number of carboxylic acids is 1. The molecule has 25 heavy (non-hydrogen) atoms. The van der Waals surface area contributed by atoms with Crippen molar-refractivity contribution in [2.24, 2.45) is 11.8 Å². The third kappa shape index (κ3) is 2.85. The lowest BCUT2D eigenvalue weighted by Crippen LogP contribution is -2.39. The first-order chi connectivity index (χ1) is 12.0. The molecule has 0 saturated carbocycles. The quantitative estimate of drug-likeness (QED) is 0.823. The molecule has 0 aliphatic carbocycles. The molecule has 7 heteroatoms. The van der Waals surface area contributed by atoms with E-state index >= 15 is 0 Å². The number of carboxylic acid groups (broad SMARTS) is 1. The maximum absolute atomic E-state index is 12.6. The molecule has 0 radical (unpaired) electrons. The average molecular weight is 356 g/mol. The maximum atomic E-state index is 12.6. The Hall–Kier alpha value is -2.51. The Morgan fingerprint density at radius 3 is 2.52 bits per heavy atom. The minimum atomic E-state index is -1.02. The highest BCUT2D eigenvalue weighted by molar-refractivity contribution is 7.14. The van der Waals surface area contributed by atoms with Crippen molar-refractivity contribution in [2.45, 2.75) is 19.1 Å². The van der Waals surface area contributed by atoms with Gasteiger partial charge < -0.3 is 15.2 Å². The first-order valence-corrected chi connectivity index (χ1v) is 8.81. The molecular weight excluding hydrogens is 340 g/mol. The van der Waals surface area contributed by atoms with Gasteiger partial charge in [0.1, 0.15) is 5.92 Å². The first-order valence-electron chi connectivity index (χ1n) is 7.93. The number of carbonyl (C=O) groups excluding carboxylic acids is 1. The number of ether oxygens (including phenoxy) is 1. The Labute approximate surface area is 148 Å². The summed E-state index contributed by atoms with van der Waals surface area (Å²) in [6, 6.07) is 7.96. The fraction of sp³-hybridized carbons (Fsp3) is 0.278. The topological polar surface area (TPSA) is 88.5 Å². The predicted octanol–water partition coefficient (Wildman–Crippen LogP) is 2.71. The number of hydrogen-bond acceptors (Lipinski definition) is 5. The SMILES string of the molecule is Cc1ccc(-c2csc(NC(=O)[C@H]3[C@H](C(=O)O)[C@H]4C=C[C@H]3O4)n2)cc1. The number of fused-ring (bicyclic) bond motifs is 2. The molecule has 0 unspecified atom stereocenters. The van der Waals surface area contributed by atoms with Gasteiger partial charge in [-0.1, -0.05) is 42.0 Å². The lowest BCUT2D eigenvalue weighted by Gasteiger charge is -2.20. The largest absolute Gasteiger partial charge is 0.481 e. The maximum Gasteiger partial charge on any atom is 0.310 e. The number of aryl methyl sites for hydroxylation is 1. The zero-order chi connectivity index (χ0) is 17.6. The molecule has 1 amide bonds. The third-order valence-electron chi connectivity index (χ3n) is 4.57. The molecule has 4 atom stereocenters. The van der Waals surface area contributed by atoms with Crippen LogP contribution in [0.3, 0.4) is 0 Å². The smallest absolute Gasteiger partial charge is 0.310 e. The number of rotatable bonds is 4. The van der Waals surface area contributed by atoms with Crippen molar-refractivity contribution in [2.75, 3.05) is 5.32 Å². The van der Waals surface area contributed by atoms with Gasteiger partial charge in [0.25, 0.3) is 0 Å². The molecule has 2 aliphatic heterocycles. The van der Waals surface area contributed by atoms with Crippen LogP contribution < -0.4 is 5.32 Å². The van der Waals surface area contributed by atoms with Crippen molar-refractivity contribution >= 4 is 28.3 Å². The van der Waals surface area contributed by atoms with Crippen LogP contribution in [0.15, 0.2) is 41.8 Å². The second-order valence-electron chi connectivity index (χ2n) is 6.23. The summed E-state index contributed by atoms with van der Waals surface area (Å²) >= 11 is 1.32. The monoisotopic (exact) mass is 356 g/mol. The van der Waals surface area contributed by atoms with Gasteiger partial charge in [-0.3, -0.25) is 9.59 Å². The number of aromatic nitrogens is 1. The van der Waals surface area contributed by atoms with Gasteiger partial charge in [-0.2, -0.15) is 0 Å². The van der Waals surface area contributed by atoms with E-state index in [0.717, 1.165) is 16.8 Å². The van der Waals surface area contributed by atoms with Crippen LogP contribution in [-0.2, 0) is 14.3 Å². The molecule has 1 aromatic heterocycles. The molecule has 2 aromatic rings. The Bertz CT molecular complexity index is 858. The molecule has 1 saturated heterocycles. The first kappa shape index (κ1) is 16.0. The van der Waals surface area contributed by atoms with E-state index in [1.54, 1.807) is 12.2 Å². The van der Waals surface area contributed by atoms with Crippen LogP contribution >= 0.6 is 11.3 Å². The van der Waals surface area contributed by atoms with E-state index in [0.29, 0.717) is 5.13 Å². The molecular formula is C18H16N2O4S. The lowest BCUT2D eigenvalue weighted by atomic mass is 9.82. The Balaban J connectivity index is 1.51. The molecule has 4 rings (SSSR count). The van der Waals surface area contributed by atoms with Crippen LogP contribution in [0.4, 0.5) is 5.13 Å². The summed E-state index contributed by atoms with van der Waals surface area (Å²) in [6.07, 6.45) is 2.46. The van der Waals surface area contributed by atoms with Crippen molar-refractivity contribution in [1.29, 1.82) is 0 Å². The van der Waals surface area contributed by atoms with Gasteiger partial charge in [0.15, 0.2) is 5.13 Å². The molecule has 2 aliphatic rings. The van der Waals surface area contributed by atoms with Crippen LogP contribution in [0, 0.1) is 18.8 Å². The van der Waals surface area contributed by atoms with Crippen LogP contribution in [0.2, 0.25) is 0 Å². The van der Waals surface area contributed by atoms with Crippen molar-refractivity contribution in [3.05, 3.63) is 47.4 Å². The fourth-order valence-corrected chi connectivity index (χ4v) is 4.01. The number of amides is 1. The second kappa shape index (κ2) is 6.09. The number of carbonyl (C=O) groups is 2. The van der Waals surface area contributed by atoms with E-state index in [9.17, 15) is 14.7 Å². The summed E-state index contributed by atoms with van der Waals surface area (Å²) in [6.45, 7) is 2.02. The van der Waals surface area contributed by atoms with Crippen molar-refractivity contribution in [3.8, 4) is 11.3 Å². The van der Waals surface area contributed by atoms with E-state index in [4.69, 9.17) is 4.74 Å². The zero-order valence-corrected chi connectivity index (χ0v) is 14.2. The number of aliphatic carboxylic acids is 1. The number of nitrogens with zero attached hydrogens (tertiary/aromatic N) is 1. The summed E-state index contributed by atoms with van der Waals surface area (Å²) in [5, 5.41) is 14.5. The summed E-state index contributed by atoms with van der Waals surface area (Å²) < 4.78 is 5.53. The van der Waals surface area contributed by atoms with Crippen LogP contribution in [0.5, 0.6) is 0 Å². The molecule has 3 heterocycles. The van der Waals surface area contributed by atoms with E-state index < -0.39 is 30.0 Å². The number of nitrogens with one attached hydrogen (secondary N) is 1. The summed E-state index contributed by atoms with van der Waals surface area (Å²) in [7, 11) is 0. The van der Waals surface area contributed by atoms with Gasteiger partial charge in [-0.25, -0.2) is 4.98 Å². The van der Waals surface area contributed by atoms with E-state index in [1.807, 2.05) is 36.6 Å². The number of thiazole rings is 1. The molecule has 6 nitrogen and oxygen atoms in total. The highest BCUT2D eigenvalue weighted by Gasteiger charge is 2.53. The predicted molar refractivity (Wildman–Crippen MR) is 93.3 cm³/mol. The molecule has 128 valence electrons. The average Bonchev–Trinajstić information content (AvgIpc) is 3.30. The Morgan fingerprint density at radius 2 is 1.84 bits per heavy atom.